The van der Waals surface area contributed by atoms with Gasteiger partial charge in [-0.1, -0.05) is 13.0 Å². The van der Waals surface area contributed by atoms with E-state index in [2.05, 4.69) is 20.5 Å². The Hall–Kier alpha value is -4.07. The smallest absolute Gasteiger partial charge is 0.417 e. The highest BCUT2D eigenvalue weighted by Gasteiger charge is 2.66. The van der Waals surface area contributed by atoms with Gasteiger partial charge in [0.2, 0.25) is 5.82 Å². The maximum absolute atomic E-state index is 15.0. The Morgan fingerprint density at radius 1 is 1.24 bits per heavy atom. The van der Waals surface area contributed by atoms with Crippen molar-refractivity contribution in [2.24, 2.45) is 11.7 Å². The molecule has 0 spiro atoms. The van der Waals surface area contributed by atoms with Crippen LogP contribution in [0.5, 0.6) is 5.75 Å². The maximum atomic E-state index is 15.0. The van der Waals surface area contributed by atoms with E-state index in [9.17, 15) is 31.5 Å². The summed E-state index contributed by atoms with van der Waals surface area (Å²) in [6.07, 6.45) is -4.11. The number of aromatic amines is 1. The van der Waals surface area contributed by atoms with Crippen LogP contribution >= 0.6 is 0 Å². The Morgan fingerprint density at radius 2 is 1.97 bits per heavy atom. The molecule has 1 aliphatic heterocycles. The number of hydrogen-bond acceptors (Lipinski definition) is 6. The number of nitrogens with zero attached hydrogens (tertiary/aromatic N) is 2. The van der Waals surface area contributed by atoms with Gasteiger partial charge in [-0.2, -0.15) is 22.7 Å². The van der Waals surface area contributed by atoms with Crippen LogP contribution in [0.2, 0.25) is 0 Å². The predicted molar refractivity (Wildman–Crippen MR) is 122 cm³/mol. The fraction of sp³-hybridized carbons (Fsp3) is 0.333. The van der Waals surface area contributed by atoms with E-state index < -0.39 is 58.9 Å². The third kappa shape index (κ3) is 4.90. The van der Waals surface area contributed by atoms with E-state index in [0.29, 0.717) is 5.69 Å². The number of primary amides is 1. The molecular formula is C24H22F5N5O4. The van der Waals surface area contributed by atoms with Gasteiger partial charge in [0, 0.05) is 35.5 Å². The van der Waals surface area contributed by atoms with E-state index in [1.165, 1.54) is 31.5 Å². The first-order valence-corrected chi connectivity index (χ1v) is 11.2. The number of H-pyrrole nitrogens is 1. The summed E-state index contributed by atoms with van der Waals surface area (Å²) in [5.41, 5.74) is 2.28. The largest absolute Gasteiger partial charge is 0.484 e. The molecule has 2 amide bonds. The van der Waals surface area contributed by atoms with Crippen LogP contribution in [0.4, 0.5) is 27.6 Å². The number of hydrogen-bond donors (Lipinski definition) is 3. The monoisotopic (exact) mass is 539 g/mol. The summed E-state index contributed by atoms with van der Waals surface area (Å²) in [5.74, 6) is -8.21. The third-order valence-electron chi connectivity index (χ3n) is 6.57. The van der Waals surface area contributed by atoms with Crippen molar-refractivity contribution in [2.45, 2.75) is 44.3 Å². The molecule has 4 N–H and O–H groups in total. The third-order valence-corrected chi connectivity index (χ3v) is 6.57. The van der Waals surface area contributed by atoms with Crippen molar-refractivity contribution in [3.8, 4) is 5.75 Å². The molecule has 1 aliphatic rings. The molecule has 3 aromatic rings. The molecule has 4 atom stereocenters. The predicted octanol–water partition coefficient (Wildman–Crippen LogP) is 3.84. The Balaban J connectivity index is 1.76. The highest BCUT2D eigenvalue weighted by molar-refractivity contribution is 5.97. The van der Waals surface area contributed by atoms with Crippen molar-refractivity contribution in [3.63, 3.8) is 0 Å². The first-order chi connectivity index (χ1) is 17.8. The normalized spacial score (nSPS) is 23.3. The Bertz CT molecular complexity index is 1350. The van der Waals surface area contributed by atoms with Crippen LogP contribution in [0.25, 0.3) is 0 Å². The summed E-state index contributed by atoms with van der Waals surface area (Å²) in [6, 6.07) is 5.72. The molecule has 14 heteroatoms. The summed E-state index contributed by atoms with van der Waals surface area (Å²) in [5, 5.41) is 8.76. The molecule has 0 unspecified atom stereocenters. The number of rotatable bonds is 7. The first-order valence-electron chi connectivity index (χ1n) is 11.2. The highest BCUT2D eigenvalue weighted by atomic mass is 19.4. The molecule has 9 nitrogen and oxygen atoms in total. The molecule has 0 aliphatic carbocycles. The van der Waals surface area contributed by atoms with E-state index in [0.717, 1.165) is 25.1 Å². The van der Waals surface area contributed by atoms with Crippen molar-refractivity contribution in [3.05, 3.63) is 71.3 Å². The SMILES string of the molecule is C[C@H]1[C@@H](c2ccc(F)c(F)c2OCc2cc[nH]n2)[C@H](C(=O)Nc2ccnc(C(N)=O)c2)O[C@@]1(C)C(F)(F)F. The van der Waals surface area contributed by atoms with Crippen LogP contribution in [-0.2, 0) is 16.1 Å². The number of nitrogens with one attached hydrogen (secondary N) is 2. The number of amides is 2. The minimum Gasteiger partial charge on any atom is -0.484 e. The Morgan fingerprint density at radius 3 is 2.61 bits per heavy atom. The maximum Gasteiger partial charge on any atom is 0.417 e. The molecule has 38 heavy (non-hydrogen) atoms. The van der Waals surface area contributed by atoms with Crippen molar-refractivity contribution in [2.75, 3.05) is 5.32 Å². The molecule has 0 radical (unpaired) electrons. The molecule has 1 aromatic carbocycles. The molecule has 0 bridgehead atoms. The van der Waals surface area contributed by atoms with E-state index in [1.807, 2.05) is 0 Å². The van der Waals surface area contributed by atoms with Gasteiger partial charge in [0.1, 0.15) is 18.4 Å². The first kappa shape index (κ1) is 27.0. The topological polar surface area (TPSA) is 132 Å². The van der Waals surface area contributed by atoms with Crippen LogP contribution in [0, 0.1) is 17.6 Å². The van der Waals surface area contributed by atoms with Crippen molar-refractivity contribution in [1.82, 2.24) is 15.2 Å². The number of carbonyl (C=O) groups is 2. The van der Waals surface area contributed by atoms with Gasteiger partial charge in [-0.25, -0.2) is 4.39 Å². The molecule has 0 saturated carbocycles. The minimum atomic E-state index is -4.93. The fourth-order valence-corrected chi connectivity index (χ4v) is 4.35. The fourth-order valence-electron chi connectivity index (χ4n) is 4.35. The number of anilines is 1. The van der Waals surface area contributed by atoms with Gasteiger partial charge in [-0.3, -0.25) is 19.7 Å². The Kier molecular flexibility index (Phi) is 7.10. The lowest BCUT2D eigenvalue weighted by molar-refractivity contribution is -0.272. The van der Waals surface area contributed by atoms with Gasteiger partial charge in [0.15, 0.2) is 17.2 Å². The number of halogens is 5. The number of aromatic nitrogens is 3. The van der Waals surface area contributed by atoms with E-state index in [1.54, 1.807) is 0 Å². The van der Waals surface area contributed by atoms with Crippen LogP contribution in [-0.4, -0.2) is 44.9 Å². The van der Waals surface area contributed by atoms with Gasteiger partial charge in [0.25, 0.3) is 11.8 Å². The standard InChI is InChI=1S/C24H22F5N5O4/c1-11-17(14-3-4-15(25)18(26)19(14)37-10-13-6-8-32-34-13)20(38-23(11,2)24(27,28)29)22(36)33-12-5-7-31-16(9-12)21(30)35/h3-9,11,17,20H,10H2,1-2H3,(H2,30,35)(H,32,34)(H,31,33,36)/t11-,17-,20+,23+/m0/s1. The lowest BCUT2D eigenvalue weighted by Crippen LogP contribution is -2.47. The quantitative estimate of drug-likeness (QED) is 0.391. The molecule has 202 valence electrons. The second-order valence-corrected chi connectivity index (χ2v) is 8.87. The lowest BCUT2D eigenvalue weighted by Gasteiger charge is -2.32. The number of nitrogens with two attached hydrogens (primary N) is 1. The van der Waals surface area contributed by atoms with Gasteiger partial charge >= 0.3 is 6.18 Å². The number of benzene rings is 1. The average Bonchev–Trinajstić information content (AvgIpc) is 3.47. The summed E-state index contributed by atoms with van der Waals surface area (Å²) < 4.78 is 82.5. The minimum absolute atomic E-state index is 0.00899. The summed E-state index contributed by atoms with van der Waals surface area (Å²) in [7, 11) is 0. The van der Waals surface area contributed by atoms with Gasteiger partial charge in [0.05, 0.1) is 5.69 Å². The van der Waals surface area contributed by atoms with Gasteiger partial charge in [-0.15, -0.1) is 0 Å². The number of ether oxygens (including phenoxy) is 2. The molecule has 4 rings (SSSR count). The number of alkyl halides is 3. The summed E-state index contributed by atoms with van der Waals surface area (Å²) >= 11 is 0. The number of pyridine rings is 1. The zero-order valence-electron chi connectivity index (χ0n) is 20.0. The second kappa shape index (κ2) is 10.0. The Labute approximate surface area is 212 Å². The van der Waals surface area contributed by atoms with E-state index in [4.69, 9.17) is 15.2 Å². The van der Waals surface area contributed by atoms with Crippen LogP contribution in [0.1, 0.15) is 41.5 Å². The second-order valence-electron chi connectivity index (χ2n) is 8.87. The van der Waals surface area contributed by atoms with Crippen molar-refractivity contribution in [1.29, 1.82) is 0 Å². The zero-order valence-corrected chi connectivity index (χ0v) is 20.0. The molecule has 2 aromatic heterocycles. The van der Waals surface area contributed by atoms with Gasteiger partial charge in [-0.05, 0) is 31.2 Å². The van der Waals surface area contributed by atoms with Crippen LogP contribution < -0.4 is 15.8 Å². The van der Waals surface area contributed by atoms with E-state index in [-0.39, 0.29) is 23.6 Å². The molecule has 1 fully saturated rings. The number of carbonyl (C=O) groups excluding carboxylic acids is 2. The van der Waals surface area contributed by atoms with Gasteiger partial charge < -0.3 is 20.5 Å². The zero-order chi connectivity index (χ0) is 27.8. The summed E-state index contributed by atoms with van der Waals surface area (Å²) in [6.45, 7) is 1.64. The molecule has 3 heterocycles. The molecule has 1 saturated heterocycles. The van der Waals surface area contributed by atoms with E-state index >= 15 is 0 Å². The highest BCUT2D eigenvalue weighted by Crippen LogP contribution is 2.55. The molecular weight excluding hydrogens is 517 g/mol. The van der Waals surface area contributed by atoms with Crippen molar-refractivity contribution < 1.29 is 41.0 Å². The van der Waals surface area contributed by atoms with Crippen molar-refractivity contribution >= 4 is 17.5 Å². The summed E-state index contributed by atoms with van der Waals surface area (Å²) in [4.78, 5) is 28.4. The van der Waals surface area contributed by atoms with Crippen LogP contribution in [0.15, 0.2) is 42.7 Å². The lowest BCUT2D eigenvalue weighted by atomic mass is 9.77. The average molecular weight is 539 g/mol. The van der Waals surface area contributed by atoms with Crippen LogP contribution in [0.3, 0.4) is 0 Å².